The molecule has 0 atom stereocenters. The van der Waals surface area contributed by atoms with Crippen LogP contribution in [0.25, 0.3) is 11.0 Å². The Balaban J connectivity index is 1.62. The van der Waals surface area contributed by atoms with Gasteiger partial charge in [0.05, 0.1) is 5.69 Å². The summed E-state index contributed by atoms with van der Waals surface area (Å²) in [5, 5.41) is 16.9. The third-order valence-electron chi connectivity index (χ3n) is 4.58. The lowest BCUT2D eigenvalue weighted by atomic mass is 10.2. The Morgan fingerprint density at radius 3 is 2.50 bits per heavy atom. The molecule has 4 N–H and O–H groups in total. The number of pyridine rings is 1. The zero-order chi connectivity index (χ0) is 22.7. The average Bonchev–Trinajstić information content (AvgIpc) is 3.22. The topological polar surface area (TPSA) is 128 Å². The molecule has 0 saturated carbocycles. The van der Waals surface area contributed by atoms with Gasteiger partial charge in [-0.25, -0.2) is 9.37 Å². The van der Waals surface area contributed by atoms with Gasteiger partial charge in [0.1, 0.15) is 22.7 Å². The molecule has 0 bridgehead atoms. The Hall–Kier alpha value is -3.77. The van der Waals surface area contributed by atoms with Gasteiger partial charge >= 0.3 is 10.2 Å². The number of hydrogen-bond donors (Lipinski definition) is 4. The van der Waals surface area contributed by atoms with E-state index in [1.165, 1.54) is 26.2 Å². The highest BCUT2D eigenvalue weighted by atomic mass is 32.2. The van der Waals surface area contributed by atoms with Crippen LogP contribution in [-0.2, 0) is 16.8 Å². The highest BCUT2D eigenvalue weighted by molar-refractivity contribution is 7.90. The van der Waals surface area contributed by atoms with Crippen molar-refractivity contribution < 1.29 is 12.8 Å². The van der Waals surface area contributed by atoms with E-state index >= 15 is 0 Å². The Kier molecular flexibility index (Phi) is 5.88. The molecule has 2 heterocycles. The van der Waals surface area contributed by atoms with Crippen LogP contribution in [0.4, 0.5) is 27.4 Å². The lowest BCUT2D eigenvalue weighted by molar-refractivity contribution is 0.527. The van der Waals surface area contributed by atoms with Gasteiger partial charge in [-0.1, -0.05) is 12.1 Å². The second-order valence-corrected chi connectivity index (χ2v) is 9.00. The first-order valence-corrected chi connectivity index (χ1v) is 11.0. The molecule has 0 aliphatic carbocycles. The fraction of sp³-hybridized carbons (Fsp3) is 0.150. The highest BCUT2D eigenvalue weighted by Gasteiger charge is 2.17. The minimum absolute atomic E-state index is 0.270. The first-order chi connectivity index (χ1) is 15.3. The normalized spacial score (nSPS) is 11.6. The van der Waals surface area contributed by atoms with E-state index in [9.17, 15) is 12.8 Å². The quantitative estimate of drug-likeness (QED) is 0.321. The molecule has 2 aromatic carbocycles. The SMILES string of the molecule is CN(C)S(=O)(=O)Nc1ccc(NCc2ccc(F)cc2)nc1Nc1ccc2n[nH]nc2c1. The van der Waals surface area contributed by atoms with Crippen molar-refractivity contribution in [3.05, 3.63) is 66.0 Å². The Bertz CT molecular complexity index is 1340. The zero-order valence-corrected chi connectivity index (χ0v) is 18.1. The van der Waals surface area contributed by atoms with Gasteiger partial charge in [0.2, 0.25) is 0 Å². The number of nitrogens with one attached hydrogen (secondary N) is 4. The van der Waals surface area contributed by atoms with Crippen molar-refractivity contribution in [3.63, 3.8) is 0 Å². The molecule has 0 saturated heterocycles. The molecule has 2 aromatic heterocycles. The Morgan fingerprint density at radius 1 is 1.00 bits per heavy atom. The summed E-state index contributed by atoms with van der Waals surface area (Å²) in [4.78, 5) is 4.53. The van der Waals surface area contributed by atoms with Gasteiger partial charge in [0.25, 0.3) is 0 Å². The minimum Gasteiger partial charge on any atom is -0.366 e. The fourth-order valence-corrected chi connectivity index (χ4v) is 3.44. The molecule has 0 unspecified atom stereocenters. The summed E-state index contributed by atoms with van der Waals surface area (Å²) in [5.74, 6) is 0.495. The second-order valence-electron chi connectivity index (χ2n) is 7.11. The van der Waals surface area contributed by atoms with Crippen molar-refractivity contribution in [2.24, 2.45) is 0 Å². The van der Waals surface area contributed by atoms with Gasteiger partial charge < -0.3 is 10.6 Å². The van der Waals surface area contributed by atoms with E-state index in [2.05, 4.69) is 35.8 Å². The molecule has 12 heteroatoms. The van der Waals surface area contributed by atoms with Crippen molar-refractivity contribution in [2.75, 3.05) is 29.5 Å². The standard InChI is InChI=1S/C20H21FN8O2S/c1-29(2)32(30,31)27-17-9-10-19(22-12-13-3-5-14(21)6-4-13)24-20(17)23-15-7-8-16-18(11-15)26-28-25-16/h3-11,27H,12H2,1-2H3,(H2,22,23,24)(H,25,26,28). The van der Waals surface area contributed by atoms with Crippen molar-refractivity contribution >= 4 is 44.3 Å². The predicted octanol–water partition coefficient (Wildman–Crippen LogP) is 3.07. The summed E-state index contributed by atoms with van der Waals surface area (Å²) in [6.45, 7) is 0.417. The maximum atomic E-state index is 13.1. The second kappa shape index (κ2) is 8.77. The number of hydrogen-bond acceptors (Lipinski definition) is 7. The Morgan fingerprint density at radius 2 is 1.75 bits per heavy atom. The largest absolute Gasteiger partial charge is 0.366 e. The molecule has 0 fully saturated rings. The van der Waals surface area contributed by atoms with Gasteiger partial charge in [0, 0.05) is 26.3 Å². The number of aromatic nitrogens is 4. The molecule has 0 aliphatic rings. The van der Waals surface area contributed by atoms with Crippen LogP contribution in [-0.4, -0.2) is 47.2 Å². The maximum absolute atomic E-state index is 13.1. The van der Waals surface area contributed by atoms with Crippen LogP contribution in [0.1, 0.15) is 5.56 Å². The van der Waals surface area contributed by atoms with E-state index in [0.29, 0.717) is 34.9 Å². The third kappa shape index (κ3) is 4.92. The van der Waals surface area contributed by atoms with Gasteiger partial charge in [-0.3, -0.25) is 4.72 Å². The van der Waals surface area contributed by atoms with Crippen molar-refractivity contribution in [2.45, 2.75) is 6.54 Å². The number of benzene rings is 2. The number of halogens is 1. The van der Waals surface area contributed by atoms with E-state index in [1.807, 2.05) is 0 Å². The van der Waals surface area contributed by atoms with Gasteiger partial charge in [-0.15, -0.1) is 0 Å². The maximum Gasteiger partial charge on any atom is 0.301 e. The van der Waals surface area contributed by atoms with Crippen molar-refractivity contribution in [1.29, 1.82) is 0 Å². The molecular weight excluding hydrogens is 435 g/mol. The van der Waals surface area contributed by atoms with Crippen molar-refractivity contribution in [3.8, 4) is 0 Å². The predicted molar refractivity (Wildman–Crippen MR) is 121 cm³/mol. The molecule has 32 heavy (non-hydrogen) atoms. The van der Waals surface area contributed by atoms with Gasteiger partial charge in [-0.05, 0) is 48.0 Å². The van der Waals surface area contributed by atoms with Crippen LogP contribution in [0, 0.1) is 5.82 Å². The summed E-state index contributed by atoms with van der Waals surface area (Å²) in [6.07, 6.45) is 0. The number of H-pyrrole nitrogens is 1. The first kappa shape index (κ1) is 21.5. The summed E-state index contributed by atoms with van der Waals surface area (Å²) < 4.78 is 41.4. The van der Waals surface area contributed by atoms with E-state index in [-0.39, 0.29) is 11.5 Å². The van der Waals surface area contributed by atoms with E-state index in [1.54, 1.807) is 42.5 Å². The molecule has 0 amide bonds. The molecule has 0 aliphatic heterocycles. The Labute approximate surface area is 184 Å². The van der Waals surface area contributed by atoms with E-state index in [4.69, 9.17) is 0 Å². The zero-order valence-electron chi connectivity index (χ0n) is 17.3. The third-order valence-corrected chi connectivity index (χ3v) is 6.02. The van der Waals surface area contributed by atoms with E-state index < -0.39 is 10.2 Å². The number of rotatable bonds is 8. The molecule has 0 spiro atoms. The lowest BCUT2D eigenvalue weighted by Crippen LogP contribution is -2.29. The van der Waals surface area contributed by atoms with Crippen LogP contribution in [0.2, 0.25) is 0 Å². The molecule has 10 nitrogen and oxygen atoms in total. The lowest BCUT2D eigenvalue weighted by Gasteiger charge is -2.17. The number of nitrogens with zero attached hydrogens (tertiary/aromatic N) is 4. The molecule has 0 radical (unpaired) electrons. The van der Waals surface area contributed by atoms with E-state index in [0.717, 1.165) is 9.87 Å². The summed E-state index contributed by atoms with van der Waals surface area (Å²) in [5.41, 5.74) is 3.14. The minimum atomic E-state index is -3.74. The van der Waals surface area contributed by atoms with Crippen LogP contribution >= 0.6 is 0 Å². The van der Waals surface area contributed by atoms with Crippen molar-refractivity contribution in [1.82, 2.24) is 24.7 Å². The fourth-order valence-electron chi connectivity index (χ4n) is 2.82. The summed E-state index contributed by atoms with van der Waals surface area (Å²) in [7, 11) is -0.883. The summed E-state index contributed by atoms with van der Waals surface area (Å²) in [6, 6.07) is 14.7. The smallest absolute Gasteiger partial charge is 0.301 e. The molecule has 4 aromatic rings. The number of fused-ring (bicyclic) bond motifs is 1. The highest BCUT2D eigenvalue weighted by Crippen LogP contribution is 2.28. The number of anilines is 4. The van der Waals surface area contributed by atoms with Gasteiger partial charge in [0.15, 0.2) is 5.82 Å². The van der Waals surface area contributed by atoms with Gasteiger partial charge in [-0.2, -0.15) is 28.1 Å². The molecular formula is C20H21FN8O2S. The van der Waals surface area contributed by atoms with Crippen LogP contribution in [0.5, 0.6) is 0 Å². The number of aromatic amines is 1. The van der Waals surface area contributed by atoms with Crippen LogP contribution in [0.15, 0.2) is 54.6 Å². The average molecular weight is 457 g/mol. The monoisotopic (exact) mass is 456 g/mol. The molecule has 4 rings (SSSR count). The summed E-state index contributed by atoms with van der Waals surface area (Å²) >= 11 is 0. The van der Waals surface area contributed by atoms with Crippen LogP contribution < -0.4 is 15.4 Å². The molecule has 166 valence electrons. The first-order valence-electron chi connectivity index (χ1n) is 9.57. The van der Waals surface area contributed by atoms with Crippen LogP contribution in [0.3, 0.4) is 0 Å².